The van der Waals surface area contributed by atoms with Gasteiger partial charge in [-0.25, -0.2) is 8.78 Å². The Bertz CT molecular complexity index is 1060. The van der Waals surface area contributed by atoms with Crippen molar-refractivity contribution in [2.45, 2.75) is 44.7 Å². The SMILES string of the molecule is Cc1cc(C(F)(C(F)(F)F)C(F)(F)F)cc(C)c1CC(=O)c1cccc(NCCC(=O)O)c1F. The van der Waals surface area contributed by atoms with Crippen LogP contribution in [0.1, 0.15) is 39.0 Å². The zero-order valence-electron chi connectivity index (χ0n) is 17.8. The molecule has 0 spiro atoms. The van der Waals surface area contributed by atoms with Gasteiger partial charge < -0.3 is 10.4 Å². The molecule has 0 aliphatic carbocycles. The normalized spacial score (nSPS) is 12.5. The second-order valence-corrected chi connectivity index (χ2v) is 7.58. The van der Waals surface area contributed by atoms with Crippen LogP contribution in [0.5, 0.6) is 0 Å². The standard InChI is InChI=1S/C22H19F8NO3/c1-11-8-13(20(24,21(25,26)27)22(28,29)30)9-12(2)15(11)10-17(32)14-4-3-5-16(19(14)23)31-7-6-18(33)34/h3-5,8-9,31H,6-7,10H2,1-2H3,(H,33,34). The van der Waals surface area contributed by atoms with Gasteiger partial charge in [0.05, 0.1) is 17.7 Å². The molecule has 0 aliphatic heterocycles. The molecular formula is C22H19F8NO3. The molecule has 4 nitrogen and oxygen atoms in total. The summed E-state index contributed by atoms with van der Waals surface area (Å²) >= 11 is 0. The molecule has 0 saturated heterocycles. The third kappa shape index (κ3) is 5.31. The van der Waals surface area contributed by atoms with Crippen LogP contribution in [0.2, 0.25) is 0 Å². The number of benzene rings is 2. The second-order valence-electron chi connectivity index (χ2n) is 7.58. The Morgan fingerprint density at radius 1 is 0.941 bits per heavy atom. The number of carboxylic acids is 1. The number of carboxylic acid groups (broad SMARTS) is 1. The molecular weight excluding hydrogens is 478 g/mol. The van der Waals surface area contributed by atoms with E-state index in [1.54, 1.807) is 0 Å². The first-order valence-electron chi connectivity index (χ1n) is 9.71. The van der Waals surface area contributed by atoms with E-state index in [1.165, 1.54) is 12.1 Å². The zero-order chi connectivity index (χ0) is 26.1. The molecule has 2 rings (SSSR count). The molecule has 0 aliphatic rings. The summed E-state index contributed by atoms with van der Waals surface area (Å²) in [5, 5.41) is 11.2. The molecule has 12 heteroatoms. The van der Waals surface area contributed by atoms with Gasteiger partial charge in [-0.2, -0.15) is 26.3 Å². The molecule has 2 N–H and O–H groups in total. The van der Waals surface area contributed by atoms with Gasteiger partial charge in [0.15, 0.2) is 11.6 Å². The van der Waals surface area contributed by atoms with E-state index < -0.39 is 53.1 Å². The number of hydrogen-bond acceptors (Lipinski definition) is 3. The van der Waals surface area contributed by atoms with Gasteiger partial charge in [0.2, 0.25) is 0 Å². The maximum absolute atomic E-state index is 14.7. The van der Waals surface area contributed by atoms with Gasteiger partial charge in [-0.15, -0.1) is 0 Å². The van der Waals surface area contributed by atoms with Crippen molar-refractivity contribution in [3.8, 4) is 0 Å². The Morgan fingerprint density at radius 3 is 1.94 bits per heavy atom. The van der Waals surface area contributed by atoms with E-state index in [4.69, 9.17) is 5.11 Å². The molecule has 186 valence electrons. The number of carbonyl (C=O) groups is 2. The molecule has 34 heavy (non-hydrogen) atoms. The van der Waals surface area contributed by atoms with E-state index >= 15 is 0 Å². The Morgan fingerprint density at radius 2 is 1.47 bits per heavy atom. The average Bonchev–Trinajstić information content (AvgIpc) is 2.69. The molecule has 0 aromatic heterocycles. The lowest BCUT2D eigenvalue weighted by Crippen LogP contribution is -2.50. The number of hydrogen-bond donors (Lipinski definition) is 2. The number of aliphatic carboxylic acids is 1. The Labute approximate surface area is 188 Å². The van der Waals surface area contributed by atoms with Crippen molar-refractivity contribution in [2.24, 2.45) is 0 Å². The number of alkyl halides is 7. The number of nitrogens with one attached hydrogen (secondary N) is 1. The predicted octanol–water partition coefficient (Wildman–Crippen LogP) is 6.04. The number of anilines is 1. The summed E-state index contributed by atoms with van der Waals surface area (Å²) in [6.07, 6.45) is -13.5. The fraction of sp³-hybridized carbons (Fsp3) is 0.364. The van der Waals surface area contributed by atoms with Crippen LogP contribution in [0.3, 0.4) is 0 Å². The van der Waals surface area contributed by atoms with E-state index in [1.807, 2.05) is 0 Å². The quantitative estimate of drug-likeness (QED) is 0.345. The minimum absolute atomic E-state index is 0.0177. The third-order valence-electron chi connectivity index (χ3n) is 5.17. The minimum Gasteiger partial charge on any atom is -0.481 e. The lowest BCUT2D eigenvalue weighted by molar-refractivity contribution is -0.348. The van der Waals surface area contributed by atoms with E-state index in [-0.39, 0.29) is 35.3 Å². The zero-order valence-corrected chi connectivity index (χ0v) is 17.8. The largest absolute Gasteiger partial charge is 0.481 e. The molecule has 0 atom stereocenters. The molecule has 0 amide bonds. The van der Waals surface area contributed by atoms with Crippen molar-refractivity contribution < 1.29 is 49.8 Å². The maximum Gasteiger partial charge on any atom is 0.435 e. The van der Waals surface area contributed by atoms with E-state index in [0.717, 1.165) is 19.9 Å². The molecule has 2 aromatic rings. The smallest absolute Gasteiger partial charge is 0.435 e. The number of ketones is 1. The van der Waals surface area contributed by atoms with Crippen LogP contribution in [0.15, 0.2) is 30.3 Å². The molecule has 2 aromatic carbocycles. The van der Waals surface area contributed by atoms with Crippen LogP contribution in [0, 0.1) is 19.7 Å². The minimum atomic E-state index is -6.28. The van der Waals surface area contributed by atoms with Crippen LogP contribution < -0.4 is 5.32 Å². The molecule has 0 fully saturated rings. The number of rotatable bonds is 8. The van der Waals surface area contributed by atoms with Crippen LogP contribution in [0.4, 0.5) is 40.8 Å². The van der Waals surface area contributed by atoms with Crippen molar-refractivity contribution in [1.82, 2.24) is 0 Å². The highest BCUT2D eigenvalue weighted by Gasteiger charge is 2.73. The van der Waals surface area contributed by atoms with Crippen molar-refractivity contribution >= 4 is 17.4 Å². The lowest BCUT2D eigenvalue weighted by Gasteiger charge is -2.31. The highest BCUT2D eigenvalue weighted by Crippen LogP contribution is 2.53. The van der Waals surface area contributed by atoms with Crippen LogP contribution in [-0.4, -0.2) is 35.8 Å². The average molecular weight is 497 g/mol. The van der Waals surface area contributed by atoms with Crippen molar-refractivity contribution in [3.63, 3.8) is 0 Å². The summed E-state index contributed by atoms with van der Waals surface area (Å²) in [5.41, 5.74) is -8.27. The molecule has 0 unspecified atom stereocenters. The van der Waals surface area contributed by atoms with Crippen LogP contribution in [0.25, 0.3) is 0 Å². The van der Waals surface area contributed by atoms with Crippen molar-refractivity contribution in [3.05, 3.63) is 64.0 Å². The van der Waals surface area contributed by atoms with E-state index in [2.05, 4.69) is 5.32 Å². The summed E-state index contributed by atoms with van der Waals surface area (Å²) in [5.74, 6) is -2.97. The monoisotopic (exact) mass is 497 g/mol. The summed E-state index contributed by atoms with van der Waals surface area (Å²) in [6.45, 7) is 2.10. The lowest BCUT2D eigenvalue weighted by atomic mass is 9.87. The van der Waals surface area contributed by atoms with Gasteiger partial charge >= 0.3 is 24.0 Å². The van der Waals surface area contributed by atoms with Gasteiger partial charge in [0, 0.05) is 18.5 Å². The second kappa shape index (κ2) is 9.59. The fourth-order valence-corrected chi connectivity index (χ4v) is 3.40. The molecule has 0 heterocycles. The first kappa shape index (κ1) is 27.1. The van der Waals surface area contributed by atoms with Gasteiger partial charge in [-0.1, -0.05) is 18.2 Å². The van der Waals surface area contributed by atoms with Gasteiger partial charge in [0.1, 0.15) is 0 Å². The highest BCUT2D eigenvalue weighted by molar-refractivity contribution is 5.99. The Kier molecular flexibility index (Phi) is 7.63. The van der Waals surface area contributed by atoms with E-state index in [0.29, 0.717) is 12.1 Å². The van der Waals surface area contributed by atoms with Gasteiger partial charge in [-0.05, 0) is 42.7 Å². The first-order valence-corrected chi connectivity index (χ1v) is 9.71. The first-order chi connectivity index (χ1) is 15.5. The number of carbonyl (C=O) groups excluding carboxylic acids is 1. The van der Waals surface area contributed by atoms with Gasteiger partial charge in [0.25, 0.3) is 0 Å². The van der Waals surface area contributed by atoms with Gasteiger partial charge in [-0.3, -0.25) is 9.59 Å². The molecule has 0 saturated carbocycles. The number of Topliss-reactive ketones (excluding diaryl/α,β-unsaturated/α-hetero) is 1. The summed E-state index contributed by atoms with van der Waals surface area (Å²) in [7, 11) is 0. The third-order valence-corrected chi connectivity index (χ3v) is 5.17. The molecule has 0 bridgehead atoms. The fourth-order valence-electron chi connectivity index (χ4n) is 3.40. The summed E-state index contributed by atoms with van der Waals surface area (Å²) in [4.78, 5) is 23.3. The predicted molar refractivity (Wildman–Crippen MR) is 106 cm³/mol. The van der Waals surface area contributed by atoms with E-state index in [9.17, 15) is 44.7 Å². The molecule has 0 radical (unpaired) electrons. The van der Waals surface area contributed by atoms with Crippen LogP contribution in [-0.2, 0) is 16.9 Å². The van der Waals surface area contributed by atoms with Crippen molar-refractivity contribution in [2.75, 3.05) is 11.9 Å². The van der Waals surface area contributed by atoms with Crippen LogP contribution >= 0.6 is 0 Å². The Balaban J connectivity index is 2.39. The topological polar surface area (TPSA) is 66.4 Å². The number of aryl methyl sites for hydroxylation is 2. The number of halogens is 8. The summed E-state index contributed by atoms with van der Waals surface area (Å²) in [6, 6.07) is 4.44. The maximum atomic E-state index is 14.7. The summed E-state index contributed by atoms with van der Waals surface area (Å²) < 4.78 is 108. The highest BCUT2D eigenvalue weighted by atomic mass is 19.4. The Hall–Kier alpha value is -3.18. The van der Waals surface area contributed by atoms with Crippen molar-refractivity contribution in [1.29, 1.82) is 0 Å².